The van der Waals surface area contributed by atoms with Crippen LogP contribution in [0.25, 0.3) is 0 Å². The molecule has 2 aromatic carbocycles. The lowest BCUT2D eigenvalue weighted by molar-refractivity contribution is -0.142. The second-order valence-corrected chi connectivity index (χ2v) is 21.9. The first kappa shape index (κ1) is 57.1. The van der Waals surface area contributed by atoms with Gasteiger partial charge in [0.2, 0.25) is 22.1 Å². The zero-order valence-corrected chi connectivity index (χ0v) is 44.0. The summed E-state index contributed by atoms with van der Waals surface area (Å²) in [6.45, 7) is 33.8. The molecule has 16 heteroatoms. The molecule has 0 radical (unpaired) electrons. The Hall–Kier alpha value is -4.96. The van der Waals surface area contributed by atoms with Gasteiger partial charge in [-0.2, -0.15) is 0 Å². The maximum atomic E-state index is 12.3. The van der Waals surface area contributed by atoms with Gasteiger partial charge in [0.05, 0.1) is 0 Å². The van der Waals surface area contributed by atoms with Crippen LogP contribution in [0.4, 0.5) is 19.9 Å². The van der Waals surface area contributed by atoms with Gasteiger partial charge in [-0.25, -0.2) is 9.59 Å². The standard InChI is InChI=1S/2C15H23NO.2C9H16N4OS/c2*1-12(2)16(14(17)15(3,4)5)11-13-9-7-6-8-10-13;2*1-9(2,3)6-11-12-8(15-6)13(5)7(14)10-4/h2*6-10,12H,11H2,1-5H3;2*1-5H3,(H,10,14). The van der Waals surface area contributed by atoms with E-state index in [1.807, 2.05) is 87.7 Å². The zero-order valence-electron chi connectivity index (χ0n) is 42.4. The van der Waals surface area contributed by atoms with Gasteiger partial charge in [-0.05, 0) is 38.8 Å². The van der Waals surface area contributed by atoms with E-state index in [9.17, 15) is 19.2 Å². The molecule has 0 saturated carbocycles. The molecule has 4 aromatic rings. The number of carbonyl (C=O) groups is 4. The summed E-state index contributed by atoms with van der Waals surface area (Å²) in [7, 11) is 6.52. The summed E-state index contributed by atoms with van der Waals surface area (Å²) in [5.74, 6) is 0.410. The molecular formula is C48H78N10O4S2. The third-order valence-electron chi connectivity index (χ3n) is 9.17. The molecule has 0 fully saturated rings. The van der Waals surface area contributed by atoms with Crippen molar-refractivity contribution in [2.45, 2.75) is 147 Å². The number of amides is 6. The van der Waals surface area contributed by atoms with Crippen molar-refractivity contribution in [1.82, 2.24) is 40.8 Å². The second kappa shape index (κ2) is 24.9. The molecule has 0 spiro atoms. The third kappa shape index (κ3) is 19.0. The minimum absolute atomic E-state index is 0.0283. The minimum atomic E-state index is -0.320. The summed E-state index contributed by atoms with van der Waals surface area (Å²) in [6, 6.07) is 20.3. The fraction of sp³-hybridized carbons (Fsp3) is 0.583. The molecule has 2 N–H and O–H groups in total. The molecule has 2 aromatic heterocycles. The lowest BCUT2D eigenvalue weighted by Crippen LogP contribution is -2.43. The van der Waals surface area contributed by atoms with Crippen molar-refractivity contribution >= 4 is 56.8 Å². The number of anilines is 2. The Kier molecular flexibility index (Phi) is 22.2. The third-order valence-corrected chi connectivity index (χ3v) is 12.0. The Morgan fingerprint density at radius 2 is 0.797 bits per heavy atom. The second-order valence-electron chi connectivity index (χ2n) is 20.0. The summed E-state index contributed by atoms with van der Waals surface area (Å²) in [5, 5.41) is 24.3. The molecule has 14 nitrogen and oxygen atoms in total. The molecule has 2 heterocycles. The normalized spacial score (nSPS) is 11.5. The number of hydrogen-bond acceptors (Lipinski definition) is 10. The van der Waals surface area contributed by atoms with Gasteiger partial charge < -0.3 is 20.4 Å². The molecule has 6 amide bonds. The Labute approximate surface area is 392 Å². The van der Waals surface area contributed by atoms with E-state index < -0.39 is 0 Å². The first-order valence-electron chi connectivity index (χ1n) is 21.7. The Morgan fingerprint density at radius 3 is 1.00 bits per heavy atom. The average molecular weight is 923 g/mol. The highest BCUT2D eigenvalue weighted by atomic mass is 32.1. The van der Waals surface area contributed by atoms with E-state index in [0.29, 0.717) is 23.4 Å². The Balaban J connectivity index is 0.000000427. The number of aromatic nitrogens is 4. The SMILES string of the molecule is CC(C)N(Cc1ccccc1)C(=O)C(C)(C)C.CC(C)N(Cc1ccccc1)C(=O)C(C)(C)C.CNC(=O)N(C)c1nnc(C(C)(C)C)s1.CNC(=O)N(C)c1nnc(C(C)(C)C)s1. The number of nitrogens with one attached hydrogen (secondary N) is 2. The molecule has 0 saturated heterocycles. The number of nitrogens with zero attached hydrogens (tertiary/aromatic N) is 8. The first-order valence-corrected chi connectivity index (χ1v) is 23.3. The summed E-state index contributed by atoms with van der Waals surface area (Å²) in [6.07, 6.45) is 0. The summed E-state index contributed by atoms with van der Waals surface area (Å²) < 4.78 is 0. The molecule has 0 atom stereocenters. The Bertz CT molecular complexity index is 1880. The van der Waals surface area contributed by atoms with E-state index in [4.69, 9.17) is 0 Å². The fourth-order valence-electron chi connectivity index (χ4n) is 5.22. The van der Waals surface area contributed by atoms with Gasteiger partial charge in [-0.15, -0.1) is 20.4 Å². The van der Waals surface area contributed by atoms with Crippen LogP contribution < -0.4 is 20.4 Å². The molecule has 0 aliphatic rings. The van der Waals surface area contributed by atoms with Crippen LogP contribution in [0.5, 0.6) is 0 Å². The topological polar surface area (TPSA) is 157 Å². The van der Waals surface area contributed by atoms with Gasteiger partial charge in [-0.3, -0.25) is 19.4 Å². The van der Waals surface area contributed by atoms with Gasteiger partial charge >= 0.3 is 12.1 Å². The zero-order chi connectivity index (χ0) is 49.4. The average Bonchev–Trinajstić information content (AvgIpc) is 3.93. The fourth-order valence-corrected chi connectivity index (χ4v) is 6.94. The predicted molar refractivity (Wildman–Crippen MR) is 266 cm³/mol. The monoisotopic (exact) mass is 923 g/mol. The molecule has 0 aliphatic carbocycles. The Morgan fingerprint density at radius 1 is 0.516 bits per heavy atom. The molecule has 356 valence electrons. The minimum Gasteiger partial charge on any atom is -0.341 e. The van der Waals surface area contributed by atoms with E-state index in [1.165, 1.54) is 43.6 Å². The van der Waals surface area contributed by atoms with Crippen LogP contribution >= 0.6 is 22.7 Å². The number of benzene rings is 2. The van der Waals surface area contributed by atoms with Crippen LogP contribution in [0.15, 0.2) is 60.7 Å². The summed E-state index contributed by atoms with van der Waals surface area (Å²) in [5.41, 5.74) is 1.66. The lowest BCUT2D eigenvalue weighted by Gasteiger charge is -2.32. The van der Waals surface area contributed by atoms with Crippen LogP contribution in [-0.2, 0) is 33.5 Å². The van der Waals surface area contributed by atoms with Gasteiger partial charge in [0.15, 0.2) is 0 Å². The van der Waals surface area contributed by atoms with Gasteiger partial charge in [-0.1, -0.05) is 166 Å². The highest BCUT2D eigenvalue weighted by molar-refractivity contribution is 7.15. The van der Waals surface area contributed by atoms with Crippen LogP contribution in [0.1, 0.15) is 132 Å². The van der Waals surface area contributed by atoms with Crippen LogP contribution in [0.3, 0.4) is 0 Å². The quantitative estimate of drug-likeness (QED) is 0.177. The highest BCUT2D eigenvalue weighted by Crippen LogP contribution is 2.30. The highest BCUT2D eigenvalue weighted by Gasteiger charge is 2.30. The maximum absolute atomic E-state index is 12.3. The largest absolute Gasteiger partial charge is 0.341 e. The molecular weight excluding hydrogens is 845 g/mol. The van der Waals surface area contributed by atoms with Crippen LogP contribution in [-0.4, -0.2) is 94.3 Å². The van der Waals surface area contributed by atoms with Crippen LogP contribution in [0, 0.1) is 10.8 Å². The van der Waals surface area contributed by atoms with Crippen molar-refractivity contribution < 1.29 is 19.2 Å². The van der Waals surface area contributed by atoms with Crippen molar-refractivity contribution in [1.29, 1.82) is 0 Å². The first-order chi connectivity index (χ1) is 29.4. The van der Waals surface area contributed by atoms with Crippen molar-refractivity contribution in [3.05, 3.63) is 81.8 Å². The van der Waals surface area contributed by atoms with Crippen LogP contribution in [0.2, 0.25) is 0 Å². The number of carbonyl (C=O) groups excluding carboxylic acids is 4. The van der Waals surface area contributed by atoms with Gasteiger partial charge in [0.1, 0.15) is 10.0 Å². The van der Waals surface area contributed by atoms with Gasteiger partial charge in [0, 0.05) is 75.0 Å². The molecule has 4 rings (SSSR count). The van der Waals surface area contributed by atoms with Crippen molar-refractivity contribution in [2.24, 2.45) is 10.8 Å². The van der Waals surface area contributed by atoms with E-state index in [0.717, 1.165) is 10.0 Å². The smallest absolute Gasteiger partial charge is 0.323 e. The van der Waals surface area contributed by atoms with Crippen molar-refractivity contribution in [2.75, 3.05) is 38.0 Å². The molecule has 0 unspecified atom stereocenters. The van der Waals surface area contributed by atoms with Gasteiger partial charge in [0.25, 0.3) is 0 Å². The van der Waals surface area contributed by atoms with Crippen molar-refractivity contribution in [3.8, 4) is 0 Å². The van der Waals surface area contributed by atoms with E-state index in [1.54, 1.807) is 28.2 Å². The van der Waals surface area contributed by atoms with E-state index in [-0.39, 0.29) is 57.6 Å². The number of urea groups is 2. The number of rotatable bonds is 8. The van der Waals surface area contributed by atoms with Crippen molar-refractivity contribution in [3.63, 3.8) is 0 Å². The summed E-state index contributed by atoms with van der Waals surface area (Å²) in [4.78, 5) is 54.1. The number of hydrogen-bond donors (Lipinski definition) is 2. The molecule has 0 aliphatic heterocycles. The van der Waals surface area contributed by atoms with E-state index >= 15 is 0 Å². The lowest BCUT2D eigenvalue weighted by atomic mass is 9.93. The van der Waals surface area contributed by atoms with E-state index in [2.05, 4.69) is 125 Å². The molecule has 0 bridgehead atoms. The summed E-state index contributed by atoms with van der Waals surface area (Å²) >= 11 is 2.87. The molecule has 64 heavy (non-hydrogen) atoms. The maximum Gasteiger partial charge on any atom is 0.323 e. The predicted octanol–water partition coefficient (Wildman–Crippen LogP) is 10.2.